The van der Waals surface area contributed by atoms with Crippen LogP contribution in [0.15, 0.2) is 59.0 Å². The Morgan fingerprint density at radius 1 is 1.05 bits per heavy atom. The van der Waals surface area contributed by atoms with Crippen LogP contribution in [0.5, 0.6) is 5.88 Å². The summed E-state index contributed by atoms with van der Waals surface area (Å²) < 4.78 is 7.29. The Bertz CT molecular complexity index is 823. The molecule has 2 aromatic carbocycles. The molecular formula is C16H13N2O4+. The van der Waals surface area contributed by atoms with Gasteiger partial charge in [0, 0.05) is 17.7 Å². The summed E-state index contributed by atoms with van der Waals surface area (Å²) in [6.07, 6.45) is 0. The lowest BCUT2D eigenvalue weighted by molar-refractivity contribution is -0.668. The molecule has 0 fully saturated rings. The van der Waals surface area contributed by atoms with Crippen LogP contribution in [-0.4, -0.2) is 10.0 Å². The predicted octanol–water partition coefficient (Wildman–Crippen LogP) is 3.05. The maximum atomic E-state index is 10.7. The van der Waals surface area contributed by atoms with Crippen LogP contribution in [0, 0.1) is 10.1 Å². The van der Waals surface area contributed by atoms with Crippen LogP contribution in [0.1, 0.15) is 0 Å². The highest BCUT2D eigenvalue weighted by Crippen LogP contribution is 2.32. The summed E-state index contributed by atoms with van der Waals surface area (Å²) in [5.74, 6) is 0.746. The third-order valence-electron chi connectivity index (χ3n) is 3.39. The van der Waals surface area contributed by atoms with Gasteiger partial charge in [0.2, 0.25) is 0 Å². The van der Waals surface area contributed by atoms with Gasteiger partial charge in [0.05, 0.1) is 10.5 Å². The van der Waals surface area contributed by atoms with Crippen molar-refractivity contribution in [3.63, 3.8) is 0 Å². The van der Waals surface area contributed by atoms with Crippen LogP contribution in [0.3, 0.4) is 0 Å². The van der Waals surface area contributed by atoms with Crippen molar-refractivity contribution in [2.75, 3.05) is 0 Å². The number of non-ortho nitro benzene ring substituents is 1. The van der Waals surface area contributed by atoms with Crippen molar-refractivity contribution in [1.29, 1.82) is 0 Å². The molecule has 3 aromatic rings. The summed E-state index contributed by atoms with van der Waals surface area (Å²) in [6.45, 7) is 0. The minimum absolute atomic E-state index is 0.0116. The van der Waals surface area contributed by atoms with E-state index in [0.717, 1.165) is 5.56 Å². The van der Waals surface area contributed by atoms with Crippen molar-refractivity contribution in [1.82, 2.24) is 0 Å². The zero-order valence-corrected chi connectivity index (χ0v) is 11.8. The Kier molecular flexibility index (Phi) is 3.34. The zero-order valence-electron chi connectivity index (χ0n) is 11.8. The van der Waals surface area contributed by atoms with Crippen molar-refractivity contribution >= 4 is 5.69 Å². The van der Waals surface area contributed by atoms with E-state index in [0.29, 0.717) is 11.5 Å². The topological polar surface area (TPSA) is 80.4 Å². The first-order chi connectivity index (χ1) is 10.6. The van der Waals surface area contributed by atoms with Gasteiger partial charge in [-0.15, -0.1) is 4.57 Å². The van der Waals surface area contributed by atoms with Crippen molar-refractivity contribution in [3.8, 4) is 28.7 Å². The van der Waals surface area contributed by atoms with E-state index in [9.17, 15) is 15.2 Å². The van der Waals surface area contributed by atoms with E-state index in [1.807, 2.05) is 30.3 Å². The maximum absolute atomic E-state index is 10.7. The molecule has 0 spiro atoms. The molecule has 0 aliphatic heterocycles. The molecule has 1 N–H and O–H groups in total. The first-order valence-electron chi connectivity index (χ1n) is 6.60. The number of hydrogen-bond donors (Lipinski definition) is 1. The summed E-state index contributed by atoms with van der Waals surface area (Å²) in [6, 6.07) is 15.2. The Balaban J connectivity index is 2.07. The molecule has 0 bridgehead atoms. The average Bonchev–Trinajstić information content (AvgIpc) is 2.84. The van der Waals surface area contributed by atoms with E-state index in [1.54, 1.807) is 19.2 Å². The van der Waals surface area contributed by atoms with Gasteiger partial charge >= 0.3 is 11.8 Å². The molecule has 22 heavy (non-hydrogen) atoms. The Morgan fingerprint density at radius 2 is 1.68 bits per heavy atom. The van der Waals surface area contributed by atoms with Crippen molar-refractivity contribution < 1.29 is 19.0 Å². The van der Waals surface area contributed by atoms with E-state index in [1.165, 1.54) is 16.7 Å². The molecule has 0 radical (unpaired) electrons. The van der Waals surface area contributed by atoms with Gasteiger partial charge in [-0.2, -0.15) is 0 Å². The summed E-state index contributed by atoms with van der Waals surface area (Å²) in [7, 11) is 1.69. The molecular weight excluding hydrogens is 284 g/mol. The maximum Gasteiger partial charge on any atom is 0.413 e. The largest absolute Gasteiger partial charge is 0.457 e. The van der Waals surface area contributed by atoms with Crippen LogP contribution >= 0.6 is 0 Å². The number of oxazole rings is 1. The van der Waals surface area contributed by atoms with Gasteiger partial charge in [-0.25, -0.2) is 0 Å². The van der Waals surface area contributed by atoms with Crippen LogP contribution in [0.4, 0.5) is 5.69 Å². The molecule has 0 aliphatic rings. The molecule has 0 atom stereocenters. The van der Waals surface area contributed by atoms with Crippen molar-refractivity contribution in [2.24, 2.45) is 7.05 Å². The molecule has 110 valence electrons. The van der Waals surface area contributed by atoms with Crippen LogP contribution in [-0.2, 0) is 7.05 Å². The lowest BCUT2D eigenvalue weighted by Crippen LogP contribution is -2.27. The molecule has 0 unspecified atom stereocenters. The van der Waals surface area contributed by atoms with Gasteiger partial charge in [0.1, 0.15) is 7.05 Å². The Morgan fingerprint density at radius 3 is 2.27 bits per heavy atom. The molecule has 0 saturated carbocycles. The lowest BCUT2D eigenvalue weighted by atomic mass is 10.1. The van der Waals surface area contributed by atoms with Crippen LogP contribution in [0.2, 0.25) is 0 Å². The average molecular weight is 297 g/mol. The normalized spacial score (nSPS) is 10.6. The van der Waals surface area contributed by atoms with Crippen LogP contribution < -0.4 is 4.57 Å². The van der Waals surface area contributed by atoms with Gasteiger partial charge < -0.3 is 9.52 Å². The fraction of sp³-hybridized carbons (Fsp3) is 0.0625. The standard InChI is InChI=1S/C16H12N2O4/c1-17-15(19)14(11-7-9-13(10-8-11)18(20)21)22-16(17)12-5-3-2-4-6-12/h2-10H,1H3/p+1. The first-order valence-corrected chi connectivity index (χ1v) is 6.60. The second kappa shape index (κ2) is 5.33. The van der Waals surface area contributed by atoms with Crippen LogP contribution in [0.25, 0.3) is 22.8 Å². The van der Waals surface area contributed by atoms with Gasteiger partial charge in [-0.1, -0.05) is 18.2 Å². The Labute approximate surface area is 126 Å². The summed E-state index contributed by atoms with van der Waals surface area (Å²) in [5.41, 5.74) is 1.39. The van der Waals surface area contributed by atoms with Gasteiger partial charge in [0.15, 0.2) is 0 Å². The van der Waals surface area contributed by atoms with Crippen molar-refractivity contribution in [3.05, 3.63) is 64.7 Å². The molecule has 6 heteroatoms. The number of nitro groups is 1. The number of rotatable bonds is 3. The summed E-state index contributed by atoms with van der Waals surface area (Å²) in [4.78, 5) is 10.2. The molecule has 1 aromatic heterocycles. The van der Waals surface area contributed by atoms with E-state index < -0.39 is 4.92 Å². The van der Waals surface area contributed by atoms with Gasteiger partial charge in [0.25, 0.3) is 11.4 Å². The van der Waals surface area contributed by atoms with E-state index in [-0.39, 0.29) is 17.3 Å². The number of hydrogen-bond acceptors (Lipinski definition) is 4. The third kappa shape index (κ3) is 2.31. The monoisotopic (exact) mass is 297 g/mol. The quantitative estimate of drug-likeness (QED) is 0.457. The molecule has 0 aliphatic carbocycles. The number of nitro benzene ring substituents is 1. The minimum atomic E-state index is -0.471. The van der Waals surface area contributed by atoms with E-state index >= 15 is 0 Å². The van der Waals surface area contributed by atoms with Crippen molar-refractivity contribution in [2.45, 2.75) is 0 Å². The summed E-state index contributed by atoms with van der Waals surface area (Å²) >= 11 is 0. The fourth-order valence-electron chi connectivity index (χ4n) is 2.22. The Hall–Kier alpha value is -3.15. The fourth-order valence-corrected chi connectivity index (χ4v) is 2.22. The molecule has 6 nitrogen and oxygen atoms in total. The molecule has 0 saturated heterocycles. The highest BCUT2D eigenvalue weighted by atomic mass is 16.6. The predicted molar refractivity (Wildman–Crippen MR) is 79.1 cm³/mol. The molecule has 3 rings (SSSR count). The van der Waals surface area contributed by atoms with E-state index in [2.05, 4.69) is 0 Å². The second-order valence-corrected chi connectivity index (χ2v) is 4.79. The number of benzene rings is 2. The third-order valence-corrected chi connectivity index (χ3v) is 3.39. The highest BCUT2D eigenvalue weighted by molar-refractivity contribution is 5.64. The first kappa shape index (κ1) is 13.8. The minimum Gasteiger partial charge on any atom is -0.457 e. The zero-order chi connectivity index (χ0) is 15.7. The SMILES string of the molecule is C[n+]1c(-c2ccccc2)oc(-c2ccc([N+](=O)[O-])cc2)c1O. The van der Waals surface area contributed by atoms with Gasteiger partial charge in [-0.3, -0.25) is 10.1 Å². The smallest absolute Gasteiger partial charge is 0.413 e. The number of aromatic nitrogens is 1. The summed E-state index contributed by atoms with van der Waals surface area (Å²) in [5, 5.41) is 20.9. The van der Waals surface area contributed by atoms with Gasteiger partial charge in [-0.05, 0) is 24.3 Å². The van der Waals surface area contributed by atoms with E-state index in [4.69, 9.17) is 4.42 Å². The molecule has 1 heterocycles. The lowest BCUT2D eigenvalue weighted by Gasteiger charge is -1.94. The second-order valence-electron chi connectivity index (χ2n) is 4.79. The number of aromatic hydroxyl groups is 1. The highest BCUT2D eigenvalue weighted by Gasteiger charge is 2.27. The number of nitrogens with zero attached hydrogens (tertiary/aromatic N) is 2. The molecule has 0 amide bonds.